The third-order valence-electron chi connectivity index (χ3n) is 1.72. The average molecular weight is 271 g/mol. The van der Waals surface area contributed by atoms with Gasteiger partial charge in [0.2, 0.25) is 0 Å². The molecule has 0 spiro atoms. The smallest absolute Gasteiger partial charge is 0.160 e. The number of hydrogen-bond acceptors (Lipinski definition) is 2. The molecule has 3 nitrogen and oxygen atoms in total. The van der Waals surface area contributed by atoms with Crippen LogP contribution in [0.4, 0.5) is 13.2 Å². The molecule has 0 aliphatic rings. The fraction of sp³-hybridized carbons (Fsp3) is 0.273. The summed E-state index contributed by atoms with van der Waals surface area (Å²) in [5.74, 6) is 5.53. The Kier molecular flexibility index (Phi) is 5.43. The van der Waals surface area contributed by atoms with Gasteiger partial charge in [0.15, 0.2) is 0 Å². The molecular weight excluding hydrogens is 263 g/mol. The monoisotopic (exact) mass is 271 g/mol. The zero-order valence-electron chi connectivity index (χ0n) is 9.11. The minimum atomic E-state index is -4.28. The summed E-state index contributed by atoms with van der Waals surface area (Å²) >= 11 is -0.159. The van der Waals surface area contributed by atoms with Gasteiger partial charge in [-0.1, -0.05) is 17.0 Å². The molecule has 0 fully saturated rings. The van der Waals surface area contributed by atoms with Gasteiger partial charge in [-0.3, -0.25) is 0 Å². The molecule has 0 bridgehead atoms. The lowest BCUT2D eigenvalue weighted by Crippen LogP contribution is -1.98. The lowest BCUT2D eigenvalue weighted by Gasteiger charge is -2.04. The number of azide groups is 1. The zero-order valence-corrected chi connectivity index (χ0v) is 9.92. The molecule has 0 N–H and O–H groups in total. The van der Waals surface area contributed by atoms with Crippen LogP contribution in [0.3, 0.4) is 0 Å². The van der Waals surface area contributed by atoms with E-state index in [9.17, 15) is 13.2 Å². The van der Waals surface area contributed by atoms with Crippen molar-refractivity contribution >= 4 is 11.8 Å². The van der Waals surface area contributed by atoms with Crippen LogP contribution >= 0.6 is 11.8 Å². The summed E-state index contributed by atoms with van der Waals surface area (Å²) in [4.78, 5) is 2.70. The SMILES string of the molecule is [N-]=[N+]=NCCC#Cc1ccc(SC(F)(F)F)cc1. The molecule has 0 unspecified atom stereocenters. The lowest BCUT2D eigenvalue weighted by molar-refractivity contribution is -0.0328. The minimum Gasteiger partial charge on any atom is -0.160 e. The van der Waals surface area contributed by atoms with E-state index in [1.165, 1.54) is 24.3 Å². The van der Waals surface area contributed by atoms with E-state index < -0.39 is 5.51 Å². The van der Waals surface area contributed by atoms with E-state index in [2.05, 4.69) is 21.9 Å². The quantitative estimate of drug-likeness (QED) is 0.201. The molecule has 0 atom stereocenters. The summed E-state index contributed by atoms with van der Waals surface area (Å²) in [5.41, 5.74) is 4.37. The molecule has 94 valence electrons. The number of thioether (sulfide) groups is 1. The summed E-state index contributed by atoms with van der Waals surface area (Å²) in [5, 5.41) is 3.31. The molecule has 0 aliphatic heterocycles. The number of alkyl halides is 3. The molecule has 0 saturated carbocycles. The molecule has 1 aromatic rings. The third kappa shape index (κ3) is 6.09. The van der Waals surface area contributed by atoms with Gasteiger partial charge in [-0.2, -0.15) is 13.2 Å². The second-order valence-corrected chi connectivity index (χ2v) is 4.22. The van der Waals surface area contributed by atoms with E-state index in [1.807, 2.05) is 0 Å². The van der Waals surface area contributed by atoms with E-state index in [0.717, 1.165) is 0 Å². The van der Waals surface area contributed by atoms with Gasteiger partial charge >= 0.3 is 5.51 Å². The number of halogens is 3. The van der Waals surface area contributed by atoms with Crippen molar-refractivity contribution in [2.75, 3.05) is 6.54 Å². The summed E-state index contributed by atoms with van der Waals surface area (Å²) in [6, 6.07) is 5.79. The van der Waals surface area contributed by atoms with Gasteiger partial charge in [0.1, 0.15) is 0 Å². The van der Waals surface area contributed by atoms with Crippen molar-refractivity contribution in [3.05, 3.63) is 40.3 Å². The second kappa shape index (κ2) is 6.84. The van der Waals surface area contributed by atoms with Crippen LogP contribution in [0.2, 0.25) is 0 Å². The molecular formula is C11H8F3N3S. The van der Waals surface area contributed by atoms with Crippen LogP contribution in [-0.2, 0) is 0 Å². The molecule has 0 saturated heterocycles. The predicted molar refractivity (Wildman–Crippen MR) is 63.9 cm³/mol. The Labute approximate surface area is 106 Å². The summed E-state index contributed by atoms with van der Waals surface area (Å²) < 4.78 is 36.2. The average Bonchev–Trinajstić information content (AvgIpc) is 2.29. The standard InChI is InChI=1S/C11H8F3N3S/c12-11(13,14)18-10-6-4-9(5-7-10)3-1-2-8-16-17-15/h4-7H,2,8H2. The molecule has 18 heavy (non-hydrogen) atoms. The number of hydrogen-bond donors (Lipinski definition) is 0. The van der Waals surface area contributed by atoms with Gasteiger partial charge in [-0.15, -0.1) is 0 Å². The fourth-order valence-electron chi connectivity index (χ4n) is 1.06. The molecule has 0 aliphatic carbocycles. The van der Waals surface area contributed by atoms with E-state index in [0.29, 0.717) is 12.0 Å². The Morgan fingerprint density at radius 3 is 2.50 bits per heavy atom. The van der Waals surface area contributed by atoms with E-state index >= 15 is 0 Å². The van der Waals surface area contributed by atoms with E-state index in [4.69, 9.17) is 5.53 Å². The normalized spacial score (nSPS) is 10.2. The molecule has 7 heteroatoms. The first-order valence-corrected chi connectivity index (χ1v) is 5.68. The van der Waals surface area contributed by atoms with Gasteiger partial charge < -0.3 is 0 Å². The van der Waals surface area contributed by atoms with Gasteiger partial charge in [-0.25, -0.2) is 0 Å². The molecule has 0 heterocycles. The van der Waals surface area contributed by atoms with Crippen molar-refractivity contribution < 1.29 is 13.2 Å². The maximum Gasteiger partial charge on any atom is 0.446 e. The highest BCUT2D eigenvalue weighted by molar-refractivity contribution is 8.00. The molecule has 0 aromatic heterocycles. The first-order chi connectivity index (χ1) is 8.51. The minimum absolute atomic E-state index is 0.127. The number of rotatable bonds is 3. The second-order valence-electron chi connectivity index (χ2n) is 3.08. The Bertz CT molecular complexity index is 493. The number of nitrogens with zero attached hydrogens (tertiary/aromatic N) is 3. The lowest BCUT2D eigenvalue weighted by atomic mass is 10.2. The van der Waals surface area contributed by atoms with E-state index in [-0.39, 0.29) is 23.2 Å². The van der Waals surface area contributed by atoms with Gasteiger partial charge in [0.25, 0.3) is 0 Å². The van der Waals surface area contributed by atoms with Crippen molar-refractivity contribution in [3.8, 4) is 11.8 Å². The Balaban J connectivity index is 2.57. The van der Waals surface area contributed by atoms with Gasteiger partial charge in [0, 0.05) is 28.3 Å². The Morgan fingerprint density at radius 1 is 1.28 bits per heavy atom. The van der Waals surface area contributed by atoms with Crippen LogP contribution < -0.4 is 0 Å². The highest BCUT2D eigenvalue weighted by Crippen LogP contribution is 2.36. The molecule has 1 rings (SSSR count). The Morgan fingerprint density at radius 2 is 1.94 bits per heavy atom. The molecule has 0 radical (unpaired) electrons. The van der Waals surface area contributed by atoms with E-state index in [1.54, 1.807) is 0 Å². The van der Waals surface area contributed by atoms with Crippen molar-refractivity contribution in [1.82, 2.24) is 0 Å². The number of benzene rings is 1. The third-order valence-corrected chi connectivity index (χ3v) is 2.46. The van der Waals surface area contributed by atoms with Crippen LogP contribution in [0, 0.1) is 11.8 Å². The maximum atomic E-state index is 12.1. The van der Waals surface area contributed by atoms with Crippen molar-refractivity contribution in [3.63, 3.8) is 0 Å². The maximum absolute atomic E-state index is 12.1. The van der Waals surface area contributed by atoms with Crippen LogP contribution in [0.25, 0.3) is 10.4 Å². The van der Waals surface area contributed by atoms with Crippen LogP contribution in [0.15, 0.2) is 34.3 Å². The predicted octanol–water partition coefficient (Wildman–Crippen LogP) is 4.35. The van der Waals surface area contributed by atoms with Gasteiger partial charge in [-0.05, 0) is 41.6 Å². The zero-order chi connectivity index (χ0) is 13.4. The van der Waals surface area contributed by atoms with Crippen LogP contribution in [0.1, 0.15) is 12.0 Å². The van der Waals surface area contributed by atoms with Crippen molar-refractivity contribution in [2.24, 2.45) is 5.11 Å². The van der Waals surface area contributed by atoms with Crippen molar-refractivity contribution in [1.29, 1.82) is 0 Å². The first-order valence-electron chi connectivity index (χ1n) is 4.87. The topological polar surface area (TPSA) is 48.8 Å². The Hall–Kier alpha value is -1.77. The highest BCUT2D eigenvalue weighted by Gasteiger charge is 2.28. The first kappa shape index (κ1) is 14.3. The van der Waals surface area contributed by atoms with Crippen molar-refractivity contribution in [2.45, 2.75) is 16.8 Å². The molecule has 1 aromatic carbocycles. The fourth-order valence-corrected chi connectivity index (χ4v) is 1.59. The highest BCUT2D eigenvalue weighted by atomic mass is 32.2. The molecule has 0 amide bonds. The summed E-state index contributed by atoms with van der Waals surface area (Å²) in [6.07, 6.45) is 0.420. The van der Waals surface area contributed by atoms with Gasteiger partial charge in [0.05, 0.1) is 0 Å². The summed E-state index contributed by atoms with van der Waals surface area (Å²) in [6.45, 7) is 0.283. The van der Waals surface area contributed by atoms with Crippen LogP contribution in [-0.4, -0.2) is 12.1 Å². The largest absolute Gasteiger partial charge is 0.446 e. The van der Waals surface area contributed by atoms with Crippen LogP contribution in [0.5, 0.6) is 0 Å². The summed E-state index contributed by atoms with van der Waals surface area (Å²) in [7, 11) is 0.